The van der Waals surface area contributed by atoms with Gasteiger partial charge < -0.3 is 4.74 Å². The molecule has 0 fully saturated rings. The van der Waals surface area contributed by atoms with Crippen LogP contribution in [-0.2, 0) is 6.18 Å². The Morgan fingerprint density at radius 2 is 2.07 bits per heavy atom. The molecule has 14 heavy (non-hydrogen) atoms. The molecule has 6 heteroatoms. The molecule has 0 radical (unpaired) electrons. The molecule has 1 rings (SSSR count). The Morgan fingerprint density at radius 3 is 2.50 bits per heavy atom. The number of methoxy groups -OCH3 is 1. The van der Waals surface area contributed by atoms with Crippen molar-refractivity contribution in [1.82, 2.24) is 4.98 Å². The highest BCUT2D eigenvalue weighted by atomic mass is 32.2. The molecule has 0 amide bonds. The highest BCUT2D eigenvalue weighted by Gasteiger charge is 2.34. The second-order valence-electron chi connectivity index (χ2n) is 2.40. The van der Waals surface area contributed by atoms with Crippen LogP contribution in [0.15, 0.2) is 17.2 Å². The topological polar surface area (TPSA) is 22.1 Å². The van der Waals surface area contributed by atoms with Crippen molar-refractivity contribution in [2.75, 3.05) is 13.4 Å². The molecule has 0 saturated heterocycles. The van der Waals surface area contributed by atoms with Crippen LogP contribution in [0.3, 0.4) is 0 Å². The average molecular weight is 223 g/mol. The van der Waals surface area contributed by atoms with Crippen LogP contribution in [0.25, 0.3) is 0 Å². The first-order chi connectivity index (χ1) is 6.50. The number of rotatable bonds is 2. The number of hydrogen-bond acceptors (Lipinski definition) is 3. The lowest BCUT2D eigenvalue weighted by Crippen LogP contribution is -2.08. The van der Waals surface area contributed by atoms with E-state index in [1.807, 2.05) is 0 Å². The lowest BCUT2D eigenvalue weighted by molar-refractivity contribution is -0.140. The summed E-state index contributed by atoms with van der Waals surface area (Å²) in [6, 6.07) is 0.939. The van der Waals surface area contributed by atoms with Crippen molar-refractivity contribution in [3.8, 4) is 5.88 Å². The van der Waals surface area contributed by atoms with Crippen LogP contribution in [0.2, 0.25) is 0 Å². The minimum atomic E-state index is -4.37. The van der Waals surface area contributed by atoms with Gasteiger partial charge in [0.1, 0.15) is 0 Å². The van der Waals surface area contributed by atoms with Gasteiger partial charge in [0, 0.05) is 6.20 Å². The Balaban J connectivity index is 3.29. The summed E-state index contributed by atoms with van der Waals surface area (Å²) in [4.78, 5) is 3.72. The van der Waals surface area contributed by atoms with Gasteiger partial charge in [0.2, 0.25) is 5.88 Å². The van der Waals surface area contributed by atoms with Crippen molar-refractivity contribution in [1.29, 1.82) is 0 Å². The SMILES string of the molecule is COc1nccc(C(F)(F)F)c1SC. The summed E-state index contributed by atoms with van der Waals surface area (Å²) in [6.07, 6.45) is -1.73. The third-order valence-electron chi connectivity index (χ3n) is 1.57. The molecule has 0 aliphatic heterocycles. The highest BCUT2D eigenvalue weighted by Crippen LogP contribution is 2.39. The number of nitrogens with zero attached hydrogens (tertiary/aromatic N) is 1. The fourth-order valence-corrected chi connectivity index (χ4v) is 1.71. The van der Waals surface area contributed by atoms with E-state index in [0.29, 0.717) is 0 Å². The summed E-state index contributed by atoms with van der Waals surface area (Å²) in [5.74, 6) is 0.00678. The third kappa shape index (κ3) is 2.12. The van der Waals surface area contributed by atoms with Gasteiger partial charge in [-0.3, -0.25) is 0 Å². The Kier molecular flexibility index (Phi) is 3.25. The summed E-state index contributed by atoms with van der Waals surface area (Å²) >= 11 is 0.966. The highest BCUT2D eigenvalue weighted by molar-refractivity contribution is 7.98. The number of hydrogen-bond donors (Lipinski definition) is 0. The standard InChI is InChI=1S/C8H8F3NOS/c1-13-7-6(14-2)5(3-4-12-7)8(9,10)11/h3-4H,1-2H3. The van der Waals surface area contributed by atoms with Gasteiger partial charge in [-0.15, -0.1) is 11.8 Å². The number of thioether (sulfide) groups is 1. The van der Waals surface area contributed by atoms with E-state index in [0.717, 1.165) is 24.0 Å². The maximum absolute atomic E-state index is 12.5. The van der Waals surface area contributed by atoms with Crippen LogP contribution < -0.4 is 4.74 Å². The second-order valence-corrected chi connectivity index (χ2v) is 3.22. The Hall–Kier alpha value is -0.910. The first kappa shape index (κ1) is 11.2. The summed E-state index contributed by atoms with van der Waals surface area (Å²) in [6.45, 7) is 0. The zero-order valence-corrected chi connectivity index (χ0v) is 8.37. The van der Waals surface area contributed by atoms with E-state index in [-0.39, 0.29) is 10.8 Å². The van der Waals surface area contributed by atoms with Crippen LogP contribution in [0.5, 0.6) is 5.88 Å². The molecule has 1 heterocycles. The van der Waals surface area contributed by atoms with Gasteiger partial charge in [0.25, 0.3) is 0 Å². The van der Waals surface area contributed by atoms with E-state index in [2.05, 4.69) is 4.98 Å². The fraction of sp³-hybridized carbons (Fsp3) is 0.375. The lowest BCUT2D eigenvalue weighted by atomic mass is 10.2. The Labute approximate surface area is 83.5 Å². The van der Waals surface area contributed by atoms with Crippen molar-refractivity contribution in [2.24, 2.45) is 0 Å². The van der Waals surface area contributed by atoms with Crippen molar-refractivity contribution >= 4 is 11.8 Å². The molecule has 0 spiro atoms. The van der Waals surface area contributed by atoms with Crippen LogP contribution in [0.4, 0.5) is 13.2 Å². The van der Waals surface area contributed by atoms with Gasteiger partial charge in [0.05, 0.1) is 17.6 Å². The summed E-state index contributed by atoms with van der Waals surface area (Å²) in [5, 5.41) is 0. The minimum absolute atomic E-state index is 0.00678. The van der Waals surface area contributed by atoms with Gasteiger partial charge in [-0.1, -0.05) is 0 Å². The predicted octanol–water partition coefficient (Wildman–Crippen LogP) is 2.83. The van der Waals surface area contributed by atoms with Crippen molar-refractivity contribution in [3.05, 3.63) is 17.8 Å². The molecule has 0 N–H and O–H groups in total. The van der Waals surface area contributed by atoms with Crippen LogP contribution >= 0.6 is 11.8 Å². The minimum Gasteiger partial charge on any atom is -0.480 e. The molecular formula is C8H8F3NOS. The van der Waals surface area contributed by atoms with Crippen molar-refractivity contribution < 1.29 is 17.9 Å². The molecule has 0 bridgehead atoms. The normalized spacial score (nSPS) is 11.5. The van der Waals surface area contributed by atoms with Crippen molar-refractivity contribution in [3.63, 3.8) is 0 Å². The smallest absolute Gasteiger partial charge is 0.417 e. The molecular weight excluding hydrogens is 215 g/mol. The van der Waals surface area contributed by atoms with E-state index in [4.69, 9.17) is 4.74 Å². The molecule has 78 valence electrons. The lowest BCUT2D eigenvalue weighted by Gasteiger charge is -2.12. The number of alkyl halides is 3. The van der Waals surface area contributed by atoms with Crippen LogP contribution in [0, 0.1) is 0 Å². The van der Waals surface area contributed by atoms with E-state index >= 15 is 0 Å². The fourth-order valence-electron chi connectivity index (χ4n) is 0.995. The predicted molar refractivity (Wildman–Crippen MR) is 47.6 cm³/mol. The number of pyridine rings is 1. The van der Waals surface area contributed by atoms with E-state index in [1.165, 1.54) is 7.11 Å². The van der Waals surface area contributed by atoms with Gasteiger partial charge >= 0.3 is 6.18 Å². The molecule has 0 aliphatic rings. The Morgan fingerprint density at radius 1 is 1.43 bits per heavy atom. The first-order valence-electron chi connectivity index (χ1n) is 3.65. The van der Waals surface area contributed by atoms with Gasteiger partial charge in [-0.05, 0) is 12.3 Å². The molecule has 1 aromatic heterocycles. The Bertz CT molecular complexity index is 327. The first-order valence-corrected chi connectivity index (χ1v) is 4.87. The van der Waals surface area contributed by atoms with Crippen LogP contribution in [0.1, 0.15) is 5.56 Å². The maximum atomic E-state index is 12.5. The molecule has 0 aromatic carbocycles. The molecule has 0 aliphatic carbocycles. The van der Waals surface area contributed by atoms with E-state index in [9.17, 15) is 13.2 Å². The molecule has 0 atom stereocenters. The van der Waals surface area contributed by atoms with E-state index in [1.54, 1.807) is 6.26 Å². The summed E-state index contributed by atoms with van der Waals surface area (Å²) in [5.41, 5.74) is -0.711. The largest absolute Gasteiger partial charge is 0.480 e. The maximum Gasteiger partial charge on any atom is 0.417 e. The van der Waals surface area contributed by atoms with Crippen molar-refractivity contribution in [2.45, 2.75) is 11.1 Å². The van der Waals surface area contributed by atoms with Crippen LogP contribution in [-0.4, -0.2) is 18.3 Å². The number of aromatic nitrogens is 1. The second kappa shape index (κ2) is 4.08. The van der Waals surface area contributed by atoms with Gasteiger partial charge in [0.15, 0.2) is 0 Å². The molecule has 0 unspecified atom stereocenters. The average Bonchev–Trinajstić information content (AvgIpc) is 2.15. The third-order valence-corrected chi connectivity index (χ3v) is 2.38. The number of halogens is 3. The summed E-state index contributed by atoms with van der Waals surface area (Å²) in [7, 11) is 1.29. The molecule has 1 aromatic rings. The zero-order chi connectivity index (χ0) is 10.8. The van der Waals surface area contributed by atoms with Gasteiger partial charge in [-0.2, -0.15) is 13.2 Å². The molecule has 0 saturated carbocycles. The monoisotopic (exact) mass is 223 g/mol. The zero-order valence-electron chi connectivity index (χ0n) is 7.55. The quantitative estimate of drug-likeness (QED) is 0.720. The molecule has 2 nitrogen and oxygen atoms in total. The number of ether oxygens (including phenoxy) is 1. The van der Waals surface area contributed by atoms with E-state index < -0.39 is 11.7 Å². The summed E-state index contributed by atoms with van der Waals surface area (Å²) < 4.78 is 42.1. The van der Waals surface area contributed by atoms with Gasteiger partial charge in [-0.25, -0.2) is 4.98 Å².